The minimum Gasteiger partial charge on any atom is -0.506 e. The second kappa shape index (κ2) is 4.26. The van der Waals surface area contributed by atoms with Crippen LogP contribution in [0.25, 0.3) is 10.9 Å². The molecule has 0 fully saturated rings. The second-order valence-corrected chi connectivity index (χ2v) is 3.27. The summed E-state index contributed by atoms with van der Waals surface area (Å²) in [6.07, 6.45) is 0. The highest BCUT2D eigenvalue weighted by atomic mass is 16.5. The fourth-order valence-corrected chi connectivity index (χ4v) is 1.57. The predicted molar refractivity (Wildman–Crippen MR) is 61.1 cm³/mol. The van der Waals surface area contributed by atoms with Crippen molar-refractivity contribution in [2.24, 2.45) is 0 Å². The molecule has 4 nitrogen and oxygen atoms in total. The number of benzene rings is 1. The van der Waals surface area contributed by atoms with Crippen molar-refractivity contribution in [1.29, 1.82) is 0 Å². The van der Waals surface area contributed by atoms with E-state index in [1.54, 1.807) is 25.3 Å². The molecule has 0 aliphatic carbocycles. The van der Waals surface area contributed by atoms with E-state index in [0.29, 0.717) is 23.8 Å². The summed E-state index contributed by atoms with van der Waals surface area (Å²) in [7, 11) is 1.58. The lowest BCUT2D eigenvalue weighted by atomic mass is 10.2. The van der Waals surface area contributed by atoms with E-state index in [9.17, 15) is 5.11 Å². The Morgan fingerprint density at radius 1 is 1.38 bits per heavy atom. The lowest BCUT2D eigenvalue weighted by Crippen LogP contribution is -1.96. The molecule has 2 aromatic rings. The summed E-state index contributed by atoms with van der Waals surface area (Å²) in [5.74, 6) is 1.22. The Hall–Kier alpha value is -1.97. The van der Waals surface area contributed by atoms with Gasteiger partial charge in [0.05, 0.1) is 13.7 Å². The molecule has 4 heteroatoms. The summed E-state index contributed by atoms with van der Waals surface area (Å²) in [6, 6.07) is 6.90. The minimum absolute atomic E-state index is 0.123. The van der Waals surface area contributed by atoms with Crippen molar-refractivity contribution in [2.75, 3.05) is 13.7 Å². The van der Waals surface area contributed by atoms with Gasteiger partial charge in [0.25, 0.3) is 0 Å². The first kappa shape index (κ1) is 10.5. The van der Waals surface area contributed by atoms with E-state index in [4.69, 9.17) is 9.47 Å². The fourth-order valence-electron chi connectivity index (χ4n) is 1.57. The Morgan fingerprint density at radius 2 is 2.19 bits per heavy atom. The molecule has 0 radical (unpaired) electrons. The van der Waals surface area contributed by atoms with Crippen molar-refractivity contribution < 1.29 is 14.6 Å². The van der Waals surface area contributed by atoms with E-state index in [1.807, 2.05) is 13.0 Å². The Morgan fingerprint density at radius 3 is 2.88 bits per heavy atom. The number of hydrogen-bond donors (Lipinski definition) is 1. The van der Waals surface area contributed by atoms with Crippen LogP contribution in [0, 0.1) is 0 Å². The lowest BCUT2D eigenvalue weighted by Gasteiger charge is -2.09. The predicted octanol–water partition coefficient (Wildman–Crippen LogP) is 2.35. The van der Waals surface area contributed by atoms with E-state index in [2.05, 4.69) is 4.98 Å². The lowest BCUT2D eigenvalue weighted by molar-refractivity contribution is 0.324. The highest BCUT2D eigenvalue weighted by Gasteiger charge is 2.09. The van der Waals surface area contributed by atoms with Crippen molar-refractivity contribution in [1.82, 2.24) is 4.98 Å². The van der Waals surface area contributed by atoms with Crippen molar-refractivity contribution in [2.45, 2.75) is 6.92 Å². The Bertz CT molecular complexity index is 511. The standard InChI is InChI=1S/C12H13NO3/c1-3-16-11-7-10(15-2)8-5-4-6-9(14)12(8)13-11/h4-7,14H,3H2,1-2H3. The highest BCUT2D eigenvalue weighted by molar-refractivity contribution is 5.90. The van der Waals surface area contributed by atoms with E-state index in [1.165, 1.54) is 0 Å². The number of fused-ring (bicyclic) bond motifs is 1. The van der Waals surface area contributed by atoms with Crippen LogP contribution in [0.1, 0.15) is 6.92 Å². The zero-order valence-electron chi connectivity index (χ0n) is 9.23. The molecule has 0 atom stereocenters. The van der Waals surface area contributed by atoms with Crippen LogP contribution in [0.15, 0.2) is 24.3 Å². The third kappa shape index (κ3) is 1.74. The van der Waals surface area contributed by atoms with Gasteiger partial charge in [-0.25, -0.2) is 4.98 Å². The number of ether oxygens (including phenoxy) is 2. The van der Waals surface area contributed by atoms with Crippen LogP contribution in [0.3, 0.4) is 0 Å². The summed E-state index contributed by atoms with van der Waals surface area (Å²) in [5.41, 5.74) is 0.491. The maximum Gasteiger partial charge on any atom is 0.217 e. The average molecular weight is 219 g/mol. The number of pyridine rings is 1. The maximum atomic E-state index is 9.71. The molecule has 0 spiro atoms. The van der Waals surface area contributed by atoms with Gasteiger partial charge in [-0.3, -0.25) is 0 Å². The van der Waals surface area contributed by atoms with Gasteiger partial charge in [-0.15, -0.1) is 0 Å². The first-order chi connectivity index (χ1) is 7.76. The van der Waals surface area contributed by atoms with E-state index in [0.717, 1.165) is 5.39 Å². The van der Waals surface area contributed by atoms with Crippen molar-refractivity contribution in [3.63, 3.8) is 0 Å². The van der Waals surface area contributed by atoms with Crippen LogP contribution in [0.5, 0.6) is 17.4 Å². The number of phenolic OH excluding ortho intramolecular Hbond substituents is 1. The molecule has 1 N–H and O–H groups in total. The van der Waals surface area contributed by atoms with Crippen molar-refractivity contribution in [3.8, 4) is 17.4 Å². The third-order valence-corrected chi connectivity index (χ3v) is 2.27. The third-order valence-electron chi connectivity index (χ3n) is 2.27. The molecule has 0 bridgehead atoms. The number of hydrogen-bond acceptors (Lipinski definition) is 4. The SMILES string of the molecule is CCOc1cc(OC)c2cccc(O)c2n1. The van der Waals surface area contributed by atoms with Gasteiger partial charge in [-0.1, -0.05) is 6.07 Å². The van der Waals surface area contributed by atoms with Crippen LogP contribution < -0.4 is 9.47 Å². The molecule has 0 aliphatic heterocycles. The summed E-state index contributed by atoms with van der Waals surface area (Å²) < 4.78 is 10.5. The van der Waals surface area contributed by atoms with Gasteiger partial charge >= 0.3 is 0 Å². The van der Waals surface area contributed by atoms with Crippen LogP contribution >= 0.6 is 0 Å². The van der Waals surface area contributed by atoms with E-state index in [-0.39, 0.29) is 5.75 Å². The number of aromatic nitrogens is 1. The molecule has 0 saturated heterocycles. The minimum atomic E-state index is 0.123. The first-order valence-corrected chi connectivity index (χ1v) is 5.05. The van der Waals surface area contributed by atoms with Gasteiger partial charge in [0.2, 0.25) is 5.88 Å². The summed E-state index contributed by atoms with van der Waals surface area (Å²) in [6.45, 7) is 2.40. The average Bonchev–Trinajstić information content (AvgIpc) is 2.30. The molecule has 84 valence electrons. The van der Waals surface area contributed by atoms with Crippen LogP contribution in [0.4, 0.5) is 0 Å². The van der Waals surface area contributed by atoms with Crippen LogP contribution in [-0.2, 0) is 0 Å². The molecular weight excluding hydrogens is 206 g/mol. The molecule has 0 aliphatic rings. The van der Waals surface area contributed by atoms with Gasteiger partial charge in [0.1, 0.15) is 17.0 Å². The number of phenols is 1. The van der Waals surface area contributed by atoms with Crippen molar-refractivity contribution >= 4 is 10.9 Å². The number of methoxy groups -OCH3 is 1. The van der Waals surface area contributed by atoms with Gasteiger partial charge in [0, 0.05) is 11.5 Å². The van der Waals surface area contributed by atoms with Gasteiger partial charge in [-0.2, -0.15) is 0 Å². The second-order valence-electron chi connectivity index (χ2n) is 3.27. The first-order valence-electron chi connectivity index (χ1n) is 5.05. The molecule has 1 heterocycles. The van der Waals surface area contributed by atoms with E-state index >= 15 is 0 Å². The number of para-hydroxylation sites is 1. The number of rotatable bonds is 3. The molecule has 0 amide bonds. The number of nitrogens with zero attached hydrogens (tertiary/aromatic N) is 1. The monoisotopic (exact) mass is 219 g/mol. The molecular formula is C12H13NO3. The molecule has 2 rings (SSSR count). The van der Waals surface area contributed by atoms with Gasteiger partial charge in [-0.05, 0) is 19.1 Å². The zero-order valence-corrected chi connectivity index (χ0v) is 9.23. The summed E-state index contributed by atoms with van der Waals surface area (Å²) in [5, 5.41) is 10.5. The topological polar surface area (TPSA) is 51.6 Å². The Kier molecular flexibility index (Phi) is 2.81. The molecule has 1 aromatic heterocycles. The van der Waals surface area contributed by atoms with Gasteiger partial charge in [0.15, 0.2) is 0 Å². The summed E-state index contributed by atoms with van der Waals surface area (Å²) >= 11 is 0. The fraction of sp³-hybridized carbons (Fsp3) is 0.250. The molecule has 0 saturated carbocycles. The summed E-state index contributed by atoms with van der Waals surface area (Å²) in [4.78, 5) is 4.22. The zero-order chi connectivity index (χ0) is 11.5. The van der Waals surface area contributed by atoms with Crippen molar-refractivity contribution in [3.05, 3.63) is 24.3 Å². The molecule has 0 unspecified atom stereocenters. The maximum absolute atomic E-state index is 9.71. The van der Waals surface area contributed by atoms with Gasteiger partial charge < -0.3 is 14.6 Å². The molecule has 16 heavy (non-hydrogen) atoms. The Balaban J connectivity index is 2.69. The highest BCUT2D eigenvalue weighted by Crippen LogP contribution is 2.32. The largest absolute Gasteiger partial charge is 0.506 e. The molecule has 1 aromatic carbocycles. The van der Waals surface area contributed by atoms with E-state index < -0.39 is 0 Å². The normalized spacial score (nSPS) is 10.4. The Labute approximate surface area is 93.4 Å². The van der Waals surface area contributed by atoms with Crippen LogP contribution in [-0.4, -0.2) is 23.8 Å². The number of aromatic hydroxyl groups is 1. The quantitative estimate of drug-likeness (QED) is 0.860. The smallest absolute Gasteiger partial charge is 0.217 e. The van der Waals surface area contributed by atoms with Crippen LogP contribution in [0.2, 0.25) is 0 Å².